The second kappa shape index (κ2) is 18.5. The minimum Gasteiger partial charge on any atom is -0.493 e. The zero-order valence-corrected chi connectivity index (χ0v) is 30.9. The van der Waals surface area contributed by atoms with Gasteiger partial charge in [-0.3, -0.25) is 9.59 Å². The van der Waals surface area contributed by atoms with Crippen molar-refractivity contribution in [3.63, 3.8) is 0 Å². The summed E-state index contributed by atoms with van der Waals surface area (Å²) in [5.74, 6) is 0.639. The Kier molecular flexibility index (Phi) is 14.7. The molecule has 2 aliphatic carbocycles. The zero-order chi connectivity index (χ0) is 35.7. The summed E-state index contributed by atoms with van der Waals surface area (Å²) in [5, 5.41) is 33.7. The van der Waals surface area contributed by atoms with Crippen molar-refractivity contribution < 1.29 is 43.5 Å². The van der Waals surface area contributed by atoms with E-state index in [1.54, 1.807) is 24.3 Å². The number of benzene rings is 2. The number of carbonyl (C=O) groups excluding carboxylic acids is 2. The van der Waals surface area contributed by atoms with Gasteiger partial charge in [-0.05, 0) is 101 Å². The number of hydrogen-bond donors (Lipinski definition) is 4. The largest absolute Gasteiger partial charge is 0.493 e. The van der Waals surface area contributed by atoms with Crippen LogP contribution in [0.1, 0.15) is 57.6 Å². The number of aliphatic hydroxyl groups is 3. The van der Waals surface area contributed by atoms with Gasteiger partial charge in [0.05, 0.1) is 36.0 Å². The lowest BCUT2D eigenvalue weighted by Crippen LogP contribution is -2.56. The molecule has 2 aromatic rings. The number of nitrogens with zero attached hydrogens (tertiary/aromatic N) is 1. The molecule has 1 saturated carbocycles. The van der Waals surface area contributed by atoms with Crippen LogP contribution in [0, 0.1) is 27.1 Å². The van der Waals surface area contributed by atoms with Crippen LogP contribution in [-0.4, -0.2) is 89.8 Å². The van der Waals surface area contributed by atoms with E-state index in [4.69, 9.17) is 14.2 Å². The third-order valence-electron chi connectivity index (χ3n) is 9.57. The number of nitrogens with one attached hydrogen (secondary N) is 1. The van der Waals surface area contributed by atoms with E-state index in [0.717, 1.165) is 19.3 Å². The van der Waals surface area contributed by atoms with Crippen LogP contribution in [0.5, 0.6) is 11.5 Å². The minimum atomic E-state index is -1.28. The van der Waals surface area contributed by atoms with Crippen LogP contribution in [0.3, 0.4) is 0 Å². The second-order valence-electron chi connectivity index (χ2n) is 13.4. The SMILES string of the molecule is COc1cc(CO)cc(I)c1OC1C=C(C(=O)NCCO)CC(N(CCc2cccc(F)c2)C(=O)COC2CC(C)CCC2C(C)C)C1O. The Bertz CT molecular complexity index is 1460. The molecule has 0 aliphatic heterocycles. The number of aliphatic hydroxyl groups excluding tert-OH is 3. The molecule has 12 heteroatoms. The first-order valence-corrected chi connectivity index (χ1v) is 18.1. The molecule has 49 heavy (non-hydrogen) atoms. The standard InChI is InChI=1S/C37H50FIN2O8/c1-22(2)28-9-8-23(3)14-31(28)48-21-34(44)41(12-10-24-6-5-7-27(38)15-24)30-18-26(37(46)40-11-13-42)19-32(35(30)45)49-36-29(39)16-25(20-43)17-33(36)47-4/h5-7,15-17,19,22-23,28,30-32,35,42-43,45H,8-14,18,20-21H2,1-4H3,(H,40,46). The first-order valence-electron chi connectivity index (χ1n) is 17.0. The van der Waals surface area contributed by atoms with Gasteiger partial charge in [0.2, 0.25) is 11.8 Å². The lowest BCUT2D eigenvalue weighted by Gasteiger charge is -2.41. The normalized spacial score (nSPS) is 23.9. The first kappa shape index (κ1) is 39.0. The fourth-order valence-corrected chi connectivity index (χ4v) is 7.67. The zero-order valence-electron chi connectivity index (χ0n) is 28.7. The topological polar surface area (TPSA) is 138 Å². The average Bonchev–Trinajstić information content (AvgIpc) is 3.08. The Balaban J connectivity index is 1.67. The highest BCUT2D eigenvalue weighted by molar-refractivity contribution is 14.1. The van der Waals surface area contributed by atoms with Crippen LogP contribution in [0.25, 0.3) is 0 Å². The van der Waals surface area contributed by atoms with Gasteiger partial charge < -0.3 is 39.7 Å². The highest BCUT2D eigenvalue weighted by atomic mass is 127. The molecule has 6 unspecified atom stereocenters. The number of hydrogen-bond acceptors (Lipinski definition) is 8. The van der Waals surface area contributed by atoms with Crippen molar-refractivity contribution >= 4 is 34.4 Å². The van der Waals surface area contributed by atoms with Gasteiger partial charge in [-0.1, -0.05) is 39.3 Å². The molecule has 10 nitrogen and oxygen atoms in total. The quantitative estimate of drug-likeness (QED) is 0.195. The predicted octanol–water partition coefficient (Wildman–Crippen LogP) is 4.40. The third-order valence-corrected chi connectivity index (χ3v) is 10.4. The molecule has 0 bridgehead atoms. The average molecular weight is 797 g/mol. The van der Waals surface area contributed by atoms with Crippen molar-refractivity contribution in [1.82, 2.24) is 10.2 Å². The van der Waals surface area contributed by atoms with Crippen molar-refractivity contribution in [1.29, 1.82) is 0 Å². The van der Waals surface area contributed by atoms with Crippen molar-refractivity contribution in [3.8, 4) is 11.5 Å². The predicted molar refractivity (Wildman–Crippen MR) is 192 cm³/mol. The van der Waals surface area contributed by atoms with E-state index in [-0.39, 0.29) is 56.9 Å². The number of methoxy groups -OCH3 is 1. The van der Waals surface area contributed by atoms with Gasteiger partial charge in [0.25, 0.3) is 0 Å². The Morgan fingerprint density at radius 3 is 2.59 bits per heavy atom. The summed E-state index contributed by atoms with van der Waals surface area (Å²) in [6, 6.07) is 8.61. The molecule has 0 aromatic heterocycles. The smallest absolute Gasteiger partial charge is 0.248 e. The molecule has 0 heterocycles. The summed E-state index contributed by atoms with van der Waals surface area (Å²) < 4.78 is 33.0. The third kappa shape index (κ3) is 10.4. The van der Waals surface area contributed by atoms with E-state index in [0.29, 0.717) is 50.4 Å². The van der Waals surface area contributed by atoms with Crippen molar-refractivity contribution in [2.75, 3.05) is 33.4 Å². The number of rotatable bonds is 15. The molecular formula is C37H50FIN2O8. The van der Waals surface area contributed by atoms with Crippen LogP contribution >= 0.6 is 22.6 Å². The first-order chi connectivity index (χ1) is 23.4. The maximum absolute atomic E-state index is 14.2. The van der Waals surface area contributed by atoms with Gasteiger partial charge in [-0.2, -0.15) is 0 Å². The number of halogens is 2. The Morgan fingerprint density at radius 2 is 1.92 bits per heavy atom. The summed E-state index contributed by atoms with van der Waals surface area (Å²) >= 11 is 2.05. The van der Waals surface area contributed by atoms with Crippen LogP contribution in [0.4, 0.5) is 4.39 Å². The fraction of sp³-hybridized carbons (Fsp3) is 0.568. The van der Waals surface area contributed by atoms with Crippen LogP contribution in [0.15, 0.2) is 48.0 Å². The number of ether oxygens (including phenoxy) is 3. The molecule has 0 spiro atoms. The van der Waals surface area contributed by atoms with Crippen LogP contribution in [-0.2, 0) is 27.4 Å². The summed E-state index contributed by atoms with van der Waals surface area (Å²) in [5.41, 5.74) is 1.56. The highest BCUT2D eigenvalue weighted by Gasteiger charge is 2.41. The maximum atomic E-state index is 14.2. The van der Waals surface area contributed by atoms with E-state index in [9.17, 15) is 29.3 Å². The molecule has 2 aromatic carbocycles. The minimum absolute atomic E-state index is 0.0138. The Hall–Kier alpha value is -2.78. The van der Waals surface area contributed by atoms with Crippen molar-refractivity contribution in [2.45, 2.75) is 83.8 Å². The molecule has 4 rings (SSSR count). The van der Waals surface area contributed by atoms with Crippen LogP contribution in [0.2, 0.25) is 0 Å². The molecule has 2 amide bonds. The number of amides is 2. The Morgan fingerprint density at radius 1 is 1.14 bits per heavy atom. The molecule has 270 valence electrons. The van der Waals surface area contributed by atoms with E-state index in [1.165, 1.54) is 30.2 Å². The van der Waals surface area contributed by atoms with E-state index in [2.05, 4.69) is 48.7 Å². The molecule has 6 atom stereocenters. The maximum Gasteiger partial charge on any atom is 0.248 e. The summed E-state index contributed by atoms with van der Waals surface area (Å²) in [4.78, 5) is 29.0. The highest BCUT2D eigenvalue weighted by Crippen LogP contribution is 2.38. The van der Waals surface area contributed by atoms with E-state index >= 15 is 0 Å². The number of carbonyl (C=O) groups is 2. The van der Waals surface area contributed by atoms with Gasteiger partial charge in [0, 0.05) is 25.1 Å². The molecule has 0 radical (unpaired) electrons. The van der Waals surface area contributed by atoms with Gasteiger partial charge in [0.15, 0.2) is 11.5 Å². The molecule has 0 saturated heterocycles. The summed E-state index contributed by atoms with van der Waals surface area (Å²) in [6.45, 7) is 6.02. The van der Waals surface area contributed by atoms with Gasteiger partial charge >= 0.3 is 0 Å². The summed E-state index contributed by atoms with van der Waals surface area (Å²) in [6.07, 6.45) is 2.42. The molecule has 1 fully saturated rings. The van der Waals surface area contributed by atoms with Gasteiger partial charge in [-0.15, -0.1) is 0 Å². The Labute approximate surface area is 302 Å². The van der Waals surface area contributed by atoms with Crippen LogP contribution < -0.4 is 14.8 Å². The van der Waals surface area contributed by atoms with E-state index < -0.39 is 30.0 Å². The fourth-order valence-electron chi connectivity index (χ4n) is 6.88. The molecule has 4 N–H and O–H groups in total. The van der Waals surface area contributed by atoms with E-state index in [1.807, 2.05) is 0 Å². The van der Waals surface area contributed by atoms with Crippen molar-refractivity contribution in [2.24, 2.45) is 17.8 Å². The molecule has 2 aliphatic rings. The van der Waals surface area contributed by atoms with Crippen molar-refractivity contribution in [3.05, 3.63) is 68.6 Å². The molecular weight excluding hydrogens is 746 g/mol. The summed E-state index contributed by atoms with van der Waals surface area (Å²) in [7, 11) is 1.47. The lowest BCUT2D eigenvalue weighted by atomic mass is 9.75. The lowest BCUT2D eigenvalue weighted by molar-refractivity contribution is -0.148. The van der Waals surface area contributed by atoms with Gasteiger partial charge in [-0.25, -0.2) is 4.39 Å². The second-order valence-corrected chi connectivity index (χ2v) is 14.6. The monoisotopic (exact) mass is 796 g/mol. The van der Waals surface area contributed by atoms with Gasteiger partial charge in [0.1, 0.15) is 24.6 Å².